The average molecular weight is 259 g/mol. The third-order valence-corrected chi connectivity index (χ3v) is 2.98. The van der Waals surface area contributed by atoms with E-state index in [0.717, 1.165) is 6.07 Å². The first-order chi connectivity index (χ1) is 9.08. The van der Waals surface area contributed by atoms with E-state index in [0.29, 0.717) is 16.7 Å². The highest BCUT2D eigenvalue weighted by Crippen LogP contribution is 2.24. The number of aromatic hydroxyl groups is 1. The maximum atomic E-state index is 13.3. The number of nitrogens with zero attached hydrogens (tertiary/aromatic N) is 3. The predicted octanol–water partition coefficient (Wildman–Crippen LogP) is 1.57. The maximum Gasteiger partial charge on any atom is 0.255 e. The first-order valence-electron chi connectivity index (χ1n) is 5.60. The number of hydrogen-bond acceptors (Lipinski definition) is 3. The van der Waals surface area contributed by atoms with E-state index in [1.807, 2.05) is 0 Å². The van der Waals surface area contributed by atoms with Crippen LogP contribution in [0.25, 0.3) is 16.7 Å². The van der Waals surface area contributed by atoms with Crippen LogP contribution in [0.2, 0.25) is 0 Å². The Kier molecular flexibility index (Phi) is 2.38. The van der Waals surface area contributed by atoms with Crippen molar-refractivity contribution in [3.63, 3.8) is 0 Å². The van der Waals surface area contributed by atoms with Gasteiger partial charge >= 0.3 is 0 Å². The van der Waals surface area contributed by atoms with Crippen molar-refractivity contribution in [2.45, 2.75) is 0 Å². The van der Waals surface area contributed by atoms with Crippen molar-refractivity contribution in [3.8, 4) is 11.4 Å². The third-order valence-electron chi connectivity index (χ3n) is 2.98. The van der Waals surface area contributed by atoms with E-state index in [2.05, 4.69) is 5.10 Å². The lowest BCUT2D eigenvalue weighted by Crippen LogP contribution is -2.17. The summed E-state index contributed by atoms with van der Waals surface area (Å²) in [7, 11) is 1.57. The number of rotatable bonds is 1. The topological polar surface area (TPSA) is 60.1 Å². The summed E-state index contributed by atoms with van der Waals surface area (Å²) in [4.78, 5) is 11.7. The van der Waals surface area contributed by atoms with Crippen LogP contribution in [0.3, 0.4) is 0 Å². The Hall–Kier alpha value is -2.63. The molecule has 0 aliphatic carbocycles. The zero-order valence-electron chi connectivity index (χ0n) is 10.0. The van der Waals surface area contributed by atoms with Crippen molar-refractivity contribution in [2.24, 2.45) is 7.05 Å². The fourth-order valence-corrected chi connectivity index (χ4v) is 2.04. The number of benzene rings is 1. The van der Waals surface area contributed by atoms with Gasteiger partial charge in [0.1, 0.15) is 17.2 Å². The first kappa shape index (κ1) is 11.5. The van der Waals surface area contributed by atoms with Gasteiger partial charge in [0.25, 0.3) is 5.56 Å². The minimum Gasteiger partial charge on any atom is -0.507 e. The van der Waals surface area contributed by atoms with Crippen molar-refractivity contribution >= 4 is 11.0 Å². The summed E-state index contributed by atoms with van der Waals surface area (Å²) < 4.78 is 16.0. The summed E-state index contributed by atoms with van der Waals surface area (Å²) in [5, 5.41) is 14.3. The number of halogens is 1. The van der Waals surface area contributed by atoms with E-state index >= 15 is 0 Å². The Labute approximate surface area is 107 Å². The minimum absolute atomic E-state index is 0.138. The molecular weight excluding hydrogens is 249 g/mol. The molecule has 0 aliphatic rings. The van der Waals surface area contributed by atoms with Gasteiger partial charge in [0.05, 0.1) is 17.3 Å². The van der Waals surface area contributed by atoms with E-state index in [1.165, 1.54) is 27.6 Å². The van der Waals surface area contributed by atoms with Gasteiger partial charge in [-0.25, -0.2) is 9.07 Å². The van der Waals surface area contributed by atoms with Gasteiger partial charge < -0.3 is 5.11 Å². The molecular formula is C13H10FN3O2. The second-order valence-electron chi connectivity index (χ2n) is 4.20. The molecule has 0 radical (unpaired) electrons. The molecule has 0 saturated carbocycles. The van der Waals surface area contributed by atoms with Crippen molar-refractivity contribution in [2.75, 3.05) is 0 Å². The third kappa shape index (κ3) is 1.69. The van der Waals surface area contributed by atoms with Gasteiger partial charge in [-0.05, 0) is 18.2 Å². The number of aryl methyl sites for hydroxylation is 1. The first-order valence-corrected chi connectivity index (χ1v) is 5.60. The summed E-state index contributed by atoms with van der Waals surface area (Å²) in [6.45, 7) is 0. The molecule has 96 valence electrons. The lowest BCUT2D eigenvalue weighted by Gasteiger charge is -2.07. The van der Waals surface area contributed by atoms with Crippen LogP contribution in [-0.2, 0) is 7.05 Å². The second-order valence-corrected chi connectivity index (χ2v) is 4.20. The lowest BCUT2D eigenvalue weighted by atomic mass is 10.3. The van der Waals surface area contributed by atoms with Gasteiger partial charge in [-0.3, -0.25) is 9.36 Å². The van der Waals surface area contributed by atoms with Gasteiger partial charge in [0, 0.05) is 13.1 Å². The number of aromatic nitrogens is 3. The summed E-state index contributed by atoms with van der Waals surface area (Å²) in [6, 6.07) is 6.98. The molecule has 0 unspecified atom stereocenters. The maximum absolute atomic E-state index is 13.3. The minimum atomic E-state index is -0.397. The highest BCUT2D eigenvalue weighted by atomic mass is 19.1. The van der Waals surface area contributed by atoms with Gasteiger partial charge in [-0.2, -0.15) is 5.10 Å². The van der Waals surface area contributed by atoms with Gasteiger partial charge in [0.2, 0.25) is 0 Å². The molecule has 0 bridgehead atoms. The number of fused-ring (bicyclic) bond motifs is 1. The average Bonchev–Trinajstić information content (AvgIpc) is 2.81. The highest BCUT2D eigenvalue weighted by molar-refractivity contribution is 5.83. The van der Waals surface area contributed by atoms with E-state index < -0.39 is 5.82 Å². The molecule has 0 spiro atoms. The van der Waals surface area contributed by atoms with Crippen LogP contribution in [0.15, 0.2) is 41.3 Å². The monoisotopic (exact) mass is 259 g/mol. The Morgan fingerprint density at radius 3 is 2.84 bits per heavy atom. The van der Waals surface area contributed by atoms with Crippen LogP contribution >= 0.6 is 0 Å². The molecule has 3 rings (SSSR count). The molecule has 0 amide bonds. The Morgan fingerprint density at radius 2 is 2.11 bits per heavy atom. The van der Waals surface area contributed by atoms with Crippen LogP contribution in [0.1, 0.15) is 0 Å². The SMILES string of the molecule is Cn1c(=O)cc(O)c2cnn(-c3cccc(F)c3)c21. The van der Waals surface area contributed by atoms with E-state index in [-0.39, 0.29) is 11.3 Å². The van der Waals surface area contributed by atoms with Gasteiger partial charge in [-0.15, -0.1) is 0 Å². The fourth-order valence-electron chi connectivity index (χ4n) is 2.04. The second kappa shape index (κ2) is 3.94. The van der Waals surface area contributed by atoms with Crippen molar-refractivity contribution in [3.05, 3.63) is 52.7 Å². The molecule has 0 atom stereocenters. The molecule has 1 aromatic carbocycles. The molecule has 0 aliphatic heterocycles. The van der Waals surface area contributed by atoms with Crippen molar-refractivity contribution < 1.29 is 9.50 Å². The summed E-state index contributed by atoms with van der Waals surface area (Å²) >= 11 is 0. The van der Waals surface area contributed by atoms with Crippen LogP contribution in [-0.4, -0.2) is 19.5 Å². The summed E-state index contributed by atoms with van der Waals surface area (Å²) in [5.41, 5.74) is 0.536. The molecule has 0 fully saturated rings. The Bertz CT molecular complexity index is 836. The fraction of sp³-hybridized carbons (Fsp3) is 0.0769. The molecule has 2 heterocycles. The Balaban J connectivity index is 2.41. The predicted molar refractivity (Wildman–Crippen MR) is 67.9 cm³/mol. The van der Waals surface area contributed by atoms with Crippen LogP contribution < -0.4 is 5.56 Å². The summed E-state index contributed by atoms with van der Waals surface area (Å²) in [6.07, 6.45) is 1.44. The normalized spacial score (nSPS) is 11.1. The Morgan fingerprint density at radius 1 is 1.32 bits per heavy atom. The molecule has 6 heteroatoms. The zero-order valence-corrected chi connectivity index (χ0v) is 10.0. The number of hydrogen-bond donors (Lipinski definition) is 1. The molecule has 0 saturated heterocycles. The largest absolute Gasteiger partial charge is 0.507 e. The highest BCUT2D eigenvalue weighted by Gasteiger charge is 2.13. The smallest absolute Gasteiger partial charge is 0.255 e. The van der Waals surface area contributed by atoms with Gasteiger partial charge in [-0.1, -0.05) is 6.07 Å². The van der Waals surface area contributed by atoms with E-state index in [1.54, 1.807) is 19.2 Å². The lowest BCUT2D eigenvalue weighted by molar-refractivity contribution is 0.479. The molecule has 5 nitrogen and oxygen atoms in total. The van der Waals surface area contributed by atoms with Crippen LogP contribution in [0, 0.1) is 5.82 Å². The van der Waals surface area contributed by atoms with Crippen LogP contribution in [0.4, 0.5) is 4.39 Å². The van der Waals surface area contributed by atoms with Crippen molar-refractivity contribution in [1.82, 2.24) is 14.3 Å². The molecule has 19 heavy (non-hydrogen) atoms. The van der Waals surface area contributed by atoms with E-state index in [9.17, 15) is 14.3 Å². The quantitative estimate of drug-likeness (QED) is 0.721. The van der Waals surface area contributed by atoms with Gasteiger partial charge in [0.15, 0.2) is 0 Å². The molecule has 3 aromatic rings. The summed E-state index contributed by atoms with van der Waals surface area (Å²) in [5.74, 6) is -0.535. The van der Waals surface area contributed by atoms with E-state index in [4.69, 9.17) is 0 Å². The van der Waals surface area contributed by atoms with Crippen molar-refractivity contribution in [1.29, 1.82) is 0 Å². The number of pyridine rings is 1. The standard InChI is InChI=1S/C13H10FN3O2/c1-16-12(19)6-11(18)10-7-15-17(13(10)16)9-4-2-3-8(14)5-9/h2-7,18H,1H3. The molecule has 1 N–H and O–H groups in total. The zero-order chi connectivity index (χ0) is 13.6. The van der Waals surface area contributed by atoms with Crippen LogP contribution in [0.5, 0.6) is 5.75 Å². The molecule has 2 aromatic heterocycles.